The molecule has 5 fully saturated rings. The molecule has 4 bridgehead atoms. The number of hydrogen-bond acceptors (Lipinski definition) is 2. The van der Waals surface area contributed by atoms with Gasteiger partial charge in [-0.1, -0.05) is 86.0 Å². The van der Waals surface area contributed by atoms with Crippen molar-refractivity contribution in [2.24, 2.45) is 17.8 Å². The Bertz CT molecular complexity index is 2050. The van der Waals surface area contributed by atoms with E-state index in [0.29, 0.717) is 11.3 Å². The smallest absolute Gasteiger partial charge is 0.252 e. The van der Waals surface area contributed by atoms with E-state index in [1.54, 1.807) is 5.56 Å². The molecule has 2 heterocycles. The number of para-hydroxylation sites is 3. The minimum Gasteiger partial charge on any atom is -0.311 e. The topological polar surface area (TPSA) is 6.48 Å². The molecule has 5 aromatic rings. The van der Waals surface area contributed by atoms with Crippen molar-refractivity contribution in [3.05, 3.63) is 126 Å². The Labute approximate surface area is 298 Å². The highest BCUT2D eigenvalue weighted by atomic mass is 15.2. The van der Waals surface area contributed by atoms with Gasteiger partial charge in [-0.15, -0.1) is 0 Å². The molecule has 2 unspecified atom stereocenters. The van der Waals surface area contributed by atoms with E-state index in [1.807, 2.05) is 0 Å². The van der Waals surface area contributed by atoms with E-state index in [-0.39, 0.29) is 6.71 Å². The Morgan fingerprint density at radius 3 is 1.80 bits per heavy atom. The lowest BCUT2D eigenvalue weighted by Crippen LogP contribution is -2.61. The van der Waals surface area contributed by atoms with Crippen LogP contribution in [0.4, 0.5) is 34.1 Å². The van der Waals surface area contributed by atoms with Gasteiger partial charge in [0.05, 0.1) is 0 Å². The summed E-state index contributed by atoms with van der Waals surface area (Å²) in [7, 11) is 0. The highest BCUT2D eigenvalue weighted by Crippen LogP contribution is 2.58. The van der Waals surface area contributed by atoms with Crippen molar-refractivity contribution in [1.29, 1.82) is 0 Å². The highest BCUT2D eigenvalue weighted by molar-refractivity contribution is 7.00. The van der Waals surface area contributed by atoms with E-state index in [9.17, 15) is 0 Å². The molecule has 0 N–H and O–H groups in total. The highest BCUT2D eigenvalue weighted by Gasteiger charge is 2.50. The molecular weight excluding hydrogens is 603 g/mol. The molecular formula is C47H47BN2. The molecule has 7 aliphatic rings. The van der Waals surface area contributed by atoms with Crippen molar-refractivity contribution < 1.29 is 0 Å². The lowest BCUT2D eigenvalue weighted by atomic mass is 9.33. The SMILES string of the molecule is c1ccc(N2c3ccccc3B3c4cc(C56CCC7CC(CC(C7)C5)C6)ccc4N(c4ccccc4)c4cc(C5CCCCC5)cc2c43)cc1. The first-order valence-corrected chi connectivity index (χ1v) is 19.8. The molecule has 50 heavy (non-hydrogen) atoms. The summed E-state index contributed by atoms with van der Waals surface area (Å²) in [5, 5.41) is 0. The van der Waals surface area contributed by atoms with Gasteiger partial charge in [-0.05, 0) is 163 Å². The molecule has 12 rings (SSSR count). The lowest BCUT2D eigenvalue weighted by molar-refractivity contribution is 0.113. The van der Waals surface area contributed by atoms with Gasteiger partial charge in [0.15, 0.2) is 0 Å². The van der Waals surface area contributed by atoms with E-state index >= 15 is 0 Å². The fourth-order valence-electron chi connectivity index (χ4n) is 12.2. The molecule has 5 aromatic carbocycles. The van der Waals surface area contributed by atoms with Crippen LogP contribution in [-0.4, -0.2) is 6.71 Å². The van der Waals surface area contributed by atoms with Gasteiger partial charge in [0.1, 0.15) is 0 Å². The molecule has 248 valence electrons. The normalized spacial score (nSPS) is 26.3. The summed E-state index contributed by atoms with van der Waals surface area (Å²) in [4.78, 5) is 5.24. The summed E-state index contributed by atoms with van der Waals surface area (Å²) in [6, 6.07) is 44.9. The molecule has 2 nitrogen and oxygen atoms in total. The molecule has 2 aliphatic heterocycles. The third-order valence-electron chi connectivity index (χ3n) is 14.1. The van der Waals surface area contributed by atoms with Gasteiger partial charge in [-0.25, -0.2) is 0 Å². The van der Waals surface area contributed by atoms with E-state index in [2.05, 4.69) is 125 Å². The van der Waals surface area contributed by atoms with Crippen LogP contribution >= 0.6 is 0 Å². The third-order valence-corrected chi connectivity index (χ3v) is 14.1. The van der Waals surface area contributed by atoms with Crippen LogP contribution in [0.1, 0.15) is 94.1 Å². The Morgan fingerprint density at radius 1 is 0.520 bits per heavy atom. The maximum Gasteiger partial charge on any atom is 0.252 e. The van der Waals surface area contributed by atoms with Gasteiger partial charge in [0.2, 0.25) is 0 Å². The molecule has 0 aromatic heterocycles. The number of hydrogen-bond donors (Lipinski definition) is 0. The summed E-state index contributed by atoms with van der Waals surface area (Å²) < 4.78 is 0. The van der Waals surface area contributed by atoms with Gasteiger partial charge >= 0.3 is 0 Å². The monoisotopic (exact) mass is 650 g/mol. The number of fused-ring (bicyclic) bond motifs is 5. The summed E-state index contributed by atoms with van der Waals surface area (Å²) in [6.07, 6.45) is 16.7. The van der Waals surface area contributed by atoms with Gasteiger partial charge < -0.3 is 9.80 Å². The maximum absolute atomic E-state index is 2.73. The van der Waals surface area contributed by atoms with E-state index < -0.39 is 0 Å². The molecule has 0 spiro atoms. The summed E-state index contributed by atoms with van der Waals surface area (Å²) in [5.41, 5.74) is 15.9. The number of rotatable bonds is 4. The number of anilines is 6. The van der Waals surface area contributed by atoms with Crippen LogP contribution in [0, 0.1) is 17.8 Å². The van der Waals surface area contributed by atoms with Crippen LogP contribution in [0.5, 0.6) is 0 Å². The van der Waals surface area contributed by atoms with Crippen LogP contribution < -0.4 is 26.2 Å². The van der Waals surface area contributed by atoms with E-state index in [4.69, 9.17) is 0 Å². The second kappa shape index (κ2) is 11.4. The van der Waals surface area contributed by atoms with Crippen LogP contribution in [0.15, 0.2) is 115 Å². The van der Waals surface area contributed by atoms with Crippen molar-refractivity contribution in [3.63, 3.8) is 0 Å². The van der Waals surface area contributed by atoms with Gasteiger partial charge in [-0.2, -0.15) is 0 Å². The predicted molar refractivity (Wildman–Crippen MR) is 211 cm³/mol. The summed E-state index contributed by atoms with van der Waals surface area (Å²) in [5.74, 6) is 3.43. The zero-order valence-corrected chi connectivity index (χ0v) is 29.2. The standard InChI is InChI=1S/C47H47BN2/c1-4-12-35(13-5-1)36-27-44-46-45(28-36)50(39-16-8-3-9-17-39)43-21-20-37(47-23-22-32-24-33(30-47)26-34(25-32)31-47)29-41(43)48(46)40-18-10-11-19-42(40)49(44)38-14-6-2-7-15-38/h2-3,6-11,14-21,27-29,32-35H,1,4-5,12-13,22-26,30-31H2. The van der Waals surface area contributed by atoms with Gasteiger partial charge in [0.25, 0.3) is 6.71 Å². The molecule has 5 saturated carbocycles. The summed E-state index contributed by atoms with van der Waals surface area (Å²) in [6.45, 7) is 0.196. The zero-order chi connectivity index (χ0) is 32.8. The Hall–Kier alpha value is -4.24. The Morgan fingerprint density at radius 2 is 1.12 bits per heavy atom. The molecule has 2 atom stereocenters. The molecule has 3 heteroatoms. The van der Waals surface area contributed by atoms with E-state index in [1.165, 1.54) is 133 Å². The quantitative estimate of drug-likeness (QED) is 0.175. The first kappa shape index (κ1) is 29.5. The van der Waals surface area contributed by atoms with Gasteiger partial charge in [0, 0.05) is 34.1 Å². The van der Waals surface area contributed by atoms with Crippen molar-refractivity contribution in [2.45, 2.75) is 88.4 Å². The minimum atomic E-state index is 0.196. The van der Waals surface area contributed by atoms with Crippen molar-refractivity contribution >= 4 is 57.2 Å². The van der Waals surface area contributed by atoms with Crippen molar-refractivity contribution in [2.75, 3.05) is 9.80 Å². The van der Waals surface area contributed by atoms with Crippen molar-refractivity contribution in [3.8, 4) is 0 Å². The fraction of sp³-hybridized carbons (Fsp3) is 0.362. The predicted octanol–water partition coefficient (Wildman–Crippen LogP) is 10.7. The Balaban J connectivity index is 1.19. The second-order valence-electron chi connectivity index (χ2n) is 16.9. The van der Waals surface area contributed by atoms with Crippen LogP contribution in [0.25, 0.3) is 0 Å². The number of nitrogens with zero attached hydrogens (tertiary/aromatic N) is 2. The van der Waals surface area contributed by atoms with Crippen molar-refractivity contribution in [1.82, 2.24) is 0 Å². The van der Waals surface area contributed by atoms with Crippen LogP contribution in [0.3, 0.4) is 0 Å². The third kappa shape index (κ3) is 4.47. The van der Waals surface area contributed by atoms with Crippen LogP contribution in [0.2, 0.25) is 0 Å². The summed E-state index contributed by atoms with van der Waals surface area (Å²) >= 11 is 0. The van der Waals surface area contributed by atoms with Crippen LogP contribution in [-0.2, 0) is 5.41 Å². The second-order valence-corrected chi connectivity index (χ2v) is 16.9. The van der Waals surface area contributed by atoms with Gasteiger partial charge in [-0.3, -0.25) is 0 Å². The largest absolute Gasteiger partial charge is 0.311 e. The van der Waals surface area contributed by atoms with E-state index in [0.717, 1.165) is 17.8 Å². The first-order chi connectivity index (χ1) is 24.7. The number of benzene rings is 5. The molecule has 0 radical (unpaired) electrons. The average molecular weight is 651 g/mol. The fourth-order valence-corrected chi connectivity index (χ4v) is 12.2. The minimum absolute atomic E-state index is 0.196. The Kier molecular flexibility index (Phi) is 6.72. The molecule has 0 amide bonds. The zero-order valence-electron chi connectivity index (χ0n) is 29.2. The lowest BCUT2D eigenvalue weighted by Gasteiger charge is -2.47. The molecule has 5 aliphatic carbocycles. The average Bonchev–Trinajstić information content (AvgIpc) is 3.38. The first-order valence-electron chi connectivity index (χ1n) is 19.8. The maximum atomic E-state index is 2.73. The molecule has 0 saturated heterocycles.